The van der Waals surface area contributed by atoms with Gasteiger partial charge in [0.05, 0.1) is 41.5 Å². The molecule has 22 heteroatoms. The molecule has 78 heavy (non-hydrogen) atoms. The fraction of sp³-hybridized carbons (Fsp3) is 0.482. The van der Waals surface area contributed by atoms with Crippen LogP contribution in [0.2, 0.25) is 19.6 Å². The molecule has 14 nitrogen and oxygen atoms in total. The maximum atomic E-state index is 14.8. The van der Waals surface area contributed by atoms with Gasteiger partial charge in [-0.25, -0.2) is 0 Å². The number of hydrogen-bond acceptors (Lipinski definition) is 8. The molecule has 432 valence electrons. The molecule has 4 amide bonds. The number of amides is 4. The van der Waals surface area contributed by atoms with Crippen molar-refractivity contribution >= 4 is 37.9 Å². The zero-order chi connectivity index (χ0) is 55.5. The molecule has 2 heterocycles. The molecule has 2 aliphatic heterocycles. The van der Waals surface area contributed by atoms with Crippen molar-refractivity contribution in [2.45, 2.75) is 141 Å². The molecule has 4 aliphatic rings. The van der Waals surface area contributed by atoms with Gasteiger partial charge in [0.15, 0.2) is 8.32 Å². The van der Waals surface area contributed by atoms with Gasteiger partial charge in [-0.05, 0) is 138 Å². The number of rotatable bonds is 12. The summed E-state index contributed by atoms with van der Waals surface area (Å²) in [5.41, 5.74) is -2.26. The van der Waals surface area contributed by atoms with Crippen LogP contribution in [-0.2, 0) is 79.0 Å². The second-order valence-corrected chi connectivity index (χ2v) is 26.3. The van der Waals surface area contributed by atoms with Crippen molar-refractivity contribution in [2.24, 2.45) is 11.8 Å². The van der Waals surface area contributed by atoms with Crippen molar-refractivity contribution in [2.75, 3.05) is 19.7 Å². The molecule has 2 saturated carbocycles. The van der Waals surface area contributed by atoms with E-state index < -0.39 is 60.1 Å². The Labute approximate surface area is 466 Å². The maximum absolute atomic E-state index is 14.8. The first-order chi connectivity index (χ1) is 34.8. The predicted molar refractivity (Wildman–Crippen MR) is 279 cm³/mol. The summed E-state index contributed by atoms with van der Waals surface area (Å²) in [7, 11) is -1.92. The molecule has 4 fully saturated rings. The number of alkyl halides is 6. The third-order valence-electron chi connectivity index (χ3n) is 14.4. The van der Waals surface area contributed by atoms with Crippen LogP contribution in [0.4, 0.5) is 26.3 Å². The number of nitrogens with zero attached hydrogens (tertiary/aromatic N) is 3. The van der Waals surface area contributed by atoms with Gasteiger partial charge in [-0.15, -0.1) is 0 Å². The van der Waals surface area contributed by atoms with E-state index in [1.807, 2.05) is 74.5 Å². The number of ether oxygens (including phenoxy) is 1. The van der Waals surface area contributed by atoms with Gasteiger partial charge in [-0.3, -0.25) is 24.0 Å². The fourth-order valence-electron chi connectivity index (χ4n) is 10.6. The van der Waals surface area contributed by atoms with Crippen molar-refractivity contribution in [3.05, 3.63) is 143 Å². The number of benzene rings is 4. The van der Waals surface area contributed by atoms with E-state index in [9.17, 15) is 55.4 Å². The van der Waals surface area contributed by atoms with Gasteiger partial charge >= 0.3 is 18.3 Å². The molecular weight excluding hydrogens is 1140 g/mol. The molecule has 2 spiro atoms. The largest absolute Gasteiger partial charge is 0.466 e. The Morgan fingerprint density at radius 3 is 1.45 bits per heavy atom. The molecular formula is C56H72F6N4O10PdSi. The first kappa shape index (κ1) is 66.8. The Balaban J connectivity index is 0.000000390. The number of esters is 1. The quantitative estimate of drug-likeness (QED) is 0.0797. The summed E-state index contributed by atoms with van der Waals surface area (Å²) in [6.45, 7) is 17.3. The summed E-state index contributed by atoms with van der Waals surface area (Å²) >= 11 is 0. The number of carbonyl (C=O) groups excluding carboxylic acids is 5. The van der Waals surface area contributed by atoms with Crippen molar-refractivity contribution in [3.8, 4) is 0 Å². The molecule has 2 saturated heterocycles. The van der Waals surface area contributed by atoms with E-state index in [-0.39, 0.29) is 99.0 Å². The summed E-state index contributed by atoms with van der Waals surface area (Å²) in [6, 6.07) is 28.3. The number of halogens is 6. The SMILES string of the molecule is CC(C)(O)C1CC2(C1)C(=O)NCC(=O)N2Cc1ccc(C(F)(F)F)cc1.CC(C)(O[Si](C)(C)C)C1CC2(C1)C(=O)N(C(c1ccccc1)c1ccccc1)CC(=O)N2Cc1ccc(C(F)(F)F)cc1.CCOC(C)=O.O.O.[Pd]. The van der Waals surface area contributed by atoms with Crippen molar-refractivity contribution in [1.29, 1.82) is 0 Å². The number of carbonyl (C=O) groups is 5. The molecule has 0 atom stereocenters. The molecule has 0 aromatic heterocycles. The molecule has 0 radical (unpaired) electrons. The Bertz CT molecular complexity index is 2620. The molecule has 8 rings (SSSR count). The van der Waals surface area contributed by atoms with Crippen molar-refractivity contribution in [3.63, 3.8) is 0 Å². The standard InChI is InChI=1S/C34H39F3N2O3Si.C18H21F3N2O3.C4H8O2.2H2O.Pd/c1-32(2,42-43(3,4)5)28-20-33(21-28)31(41)38(30(25-12-8-6-9-13-25)26-14-10-7-11-15-26)23-29(40)39(33)22-24-16-18-27(19-17-24)34(35,36)37;1-16(2,26)13-7-17(8-13)15(25)22-9-14(24)23(17)10-11-3-5-12(6-4-11)18(19,20)21;1-3-6-4(2)5;;;/h6-19,28,30H,20-23H2,1-5H3;3-6,13,26H,7-10H2,1-2H3,(H,22,25);3H2,1-2H3;2*1H2;. The van der Waals surface area contributed by atoms with Gasteiger partial charge < -0.3 is 45.2 Å². The third kappa shape index (κ3) is 15.5. The molecule has 4 aromatic carbocycles. The molecule has 2 aliphatic carbocycles. The Morgan fingerprint density at radius 1 is 0.679 bits per heavy atom. The smallest absolute Gasteiger partial charge is 0.416 e. The van der Waals surface area contributed by atoms with E-state index in [0.717, 1.165) is 35.4 Å². The number of piperazine rings is 2. The topological polar surface area (TPSA) is 209 Å². The van der Waals surface area contributed by atoms with Crippen LogP contribution in [0, 0.1) is 11.8 Å². The Hall–Kier alpha value is -5.47. The van der Waals surface area contributed by atoms with Crippen LogP contribution >= 0.6 is 0 Å². The average Bonchev–Trinajstić information content (AvgIpc) is 3.28. The van der Waals surface area contributed by atoms with E-state index in [1.165, 1.54) is 36.1 Å². The van der Waals surface area contributed by atoms with Gasteiger partial charge in [-0.2, -0.15) is 26.3 Å². The Morgan fingerprint density at radius 2 is 1.09 bits per heavy atom. The van der Waals surface area contributed by atoms with Crippen LogP contribution in [0.15, 0.2) is 109 Å². The van der Waals surface area contributed by atoms with Gasteiger partial charge in [0.2, 0.25) is 23.6 Å². The summed E-state index contributed by atoms with van der Waals surface area (Å²) in [4.78, 5) is 68.3. The minimum atomic E-state index is -4.45. The third-order valence-corrected chi connectivity index (χ3v) is 15.6. The van der Waals surface area contributed by atoms with E-state index in [2.05, 4.69) is 29.7 Å². The molecule has 4 aromatic rings. The molecule has 0 bridgehead atoms. The molecule has 6 N–H and O–H groups in total. The van der Waals surface area contributed by atoms with E-state index in [4.69, 9.17) is 4.43 Å². The zero-order valence-corrected chi connectivity index (χ0v) is 47.8. The van der Waals surface area contributed by atoms with Gasteiger partial charge in [0.1, 0.15) is 17.6 Å². The summed E-state index contributed by atoms with van der Waals surface area (Å²) in [5.74, 6) is -1.23. The van der Waals surface area contributed by atoms with E-state index >= 15 is 0 Å². The van der Waals surface area contributed by atoms with Crippen molar-refractivity contribution in [1.82, 2.24) is 20.0 Å². The number of aliphatic hydroxyl groups is 1. The maximum Gasteiger partial charge on any atom is 0.416 e. The number of hydrogen-bond donors (Lipinski definition) is 2. The monoisotopic (exact) mass is 1210 g/mol. The predicted octanol–water partition coefficient (Wildman–Crippen LogP) is 8.45. The van der Waals surface area contributed by atoms with Gasteiger partial charge in [0, 0.05) is 40.4 Å². The minimum Gasteiger partial charge on any atom is -0.466 e. The molecule has 0 unspecified atom stereocenters. The Kier molecular flexibility index (Phi) is 22.1. The van der Waals surface area contributed by atoms with Crippen LogP contribution < -0.4 is 5.32 Å². The summed E-state index contributed by atoms with van der Waals surface area (Å²) in [5, 5.41) is 12.7. The zero-order valence-electron chi connectivity index (χ0n) is 45.2. The summed E-state index contributed by atoms with van der Waals surface area (Å²) in [6.07, 6.45) is -7.38. The van der Waals surface area contributed by atoms with E-state index in [1.54, 1.807) is 30.6 Å². The van der Waals surface area contributed by atoms with Crippen LogP contribution in [-0.4, -0.2) is 111 Å². The summed E-state index contributed by atoms with van der Waals surface area (Å²) < 4.78 is 88.7. The van der Waals surface area contributed by atoms with Crippen LogP contribution in [0.25, 0.3) is 0 Å². The average molecular weight is 1210 g/mol. The van der Waals surface area contributed by atoms with Crippen LogP contribution in [0.1, 0.15) is 107 Å². The number of nitrogens with one attached hydrogen (secondary N) is 1. The minimum absolute atomic E-state index is 0. The van der Waals surface area contributed by atoms with Crippen LogP contribution in [0.3, 0.4) is 0 Å². The normalized spacial score (nSPS) is 21.3. The van der Waals surface area contributed by atoms with Gasteiger partial charge in [0.25, 0.3) is 0 Å². The first-order valence-electron chi connectivity index (χ1n) is 25.0. The van der Waals surface area contributed by atoms with Crippen molar-refractivity contribution < 1.29 is 96.0 Å². The fourth-order valence-corrected chi connectivity index (χ4v) is 12.3. The second-order valence-electron chi connectivity index (χ2n) is 21.9. The van der Waals surface area contributed by atoms with E-state index in [0.29, 0.717) is 43.4 Å². The second kappa shape index (κ2) is 25.8. The van der Waals surface area contributed by atoms with Gasteiger partial charge in [-0.1, -0.05) is 84.9 Å². The first-order valence-corrected chi connectivity index (χ1v) is 28.4. The van der Waals surface area contributed by atoms with Crippen LogP contribution in [0.5, 0.6) is 0 Å².